The lowest BCUT2D eigenvalue weighted by Gasteiger charge is -2.49. The van der Waals surface area contributed by atoms with Crippen molar-refractivity contribution in [3.8, 4) is 0 Å². The van der Waals surface area contributed by atoms with Crippen molar-refractivity contribution in [2.24, 2.45) is 16.0 Å². The van der Waals surface area contributed by atoms with Crippen LogP contribution in [0.15, 0.2) is 26.9 Å². The molecule has 3 rings (SSSR count). The van der Waals surface area contributed by atoms with Gasteiger partial charge in [0, 0.05) is 16.7 Å². The lowest BCUT2D eigenvalue weighted by atomic mass is 10.0. The van der Waals surface area contributed by atoms with Crippen molar-refractivity contribution < 1.29 is 24.7 Å². The maximum Gasteiger partial charge on any atom is 0.353 e. The number of aliphatic carboxylic acids is 1. The molecule has 1 aromatic rings. The van der Waals surface area contributed by atoms with Gasteiger partial charge in [0.05, 0.1) is 6.21 Å². The molecule has 16 heteroatoms. The highest BCUT2D eigenvalue weighted by Crippen LogP contribution is 2.39. The van der Waals surface area contributed by atoms with Gasteiger partial charge in [-0.2, -0.15) is 5.10 Å². The van der Waals surface area contributed by atoms with Crippen molar-refractivity contribution in [3.63, 3.8) is 0 Å². The number of thioether (sulfide) groups is 1. The van der Waals surface area contributed by atoms with E-state index in [0.29, 0.717) is 0 Å². The van der Waals surface area contributed by atoms with E-state index >= 15 is 0 Å². The molecule has 1 aromatic heterocycles. The number of oxime groups is 1. The Hall–Kier alpha value is -3.66. The molecule has 1 saturated heterocycles. The minimum Gasteiger partial charge on any atom is -0.477 e. The number of hydrogen-bond donors (Lipinski definition) is 7. The number of nitrogens with zero attached hydrogens (tertiary/aromatic N) is 4. The SMILES string of the molecule is N=C(N)N/N=C/C1=C(C(=O)O)N2C(=O)C(NC(=O)/C(=N\O)c3csc(N)n3)[C@H]2SC1. The summed E-state index contributed by atoms with van der Waals surface area (Å²) >= 11 is 2.24. The predicted octanol–water partition coefficient (Wildman–Crippen LogP) is -1.89. The molecule has 2 aliphatic heterocycles. The van der Waals surface area contributed by atoms with Gasteiger partial charge >= 0.3 is 5.97 Å². The standard InChI is InChI=1S/C14H15N9O5S2/c15-13(16)21-18-1-4-2-29-11-7(10(25)23(11)8(4)12(26)27)20-9(24)6(22-28)5-3-30-14(17)19-5/h1,3,7,11,28H,2H2,(H2,17,19)(H,20,24)(H,26,27)(H4,15,16,21)/b18-1+,22-6-/t7?,11-/m1/s1. The van der Waals surface area contributed by atoms with Crippen LogP contribution in [0.4, 0.5) is 5.13 Å². The fraction of sp³-hybridized carbons (Fsp3) is 0.214. The second kappa shape index (κ2) is 8.37. The number of thiazole rings is 1. The van der Waals surface area contributed by atoms with Crippen molar-refractivity contribution in [2.75, 3.05) is 11.5 Å². The van der Waals surface area contributed by atoms with Gasteiger partial charge in [0.1, 0.15) is 22.8 Å². The van der Waals surface area contributed by atoms with Gasteiger partial charge in [0.2, 0.25) is 5.96 Å². The summed E-state index contributed by atoms with van der Waals surface area (Å²) in [5, 5.41) is 35.6. The average molecular weight is 453 g/mol. The van der Waals surface area contributed by atoms with Crippen LogP contribution in [-0.2, 0) is 14.4 Å². The van der Waals surface area contributed by atoms with Crippen LogP contribution in [0.1, 0.15) is 5.69 Å². The van der Waals surface area contributed by atoms with Crippen molar-refractivity contribution in [2.45, 2.75) is 11.4 Å². The number of carbonyl (C=O) groups is 3. The normalized spacial score (nSPS) is 21.3. The van der Waals surface area contributed by atoms with Gasteiger partial charge in [-0.25, -0.2) is 15.2 Å². The number of anilines is 1. The summed E-state index contributed by atoms with van der Waals surface area (Å²) in [5.41, 5.74) is 12.3. The lowest BCUT2D eigenvalue weighted by Crippen LogP contribution is -2.71. The molecule has 0 spiro atoms. The Kier molecular flexibility index (Phi) is 5.88. The topological polar surface area (TPSA) is 232 Å². The summed E-state index contributed by atoms with van der Waals surface area (Å²) in [7, 11) is 0. The van der Waals surface area contributed by atoms with Gasteiger partial charge in [0.15, 0.2) is 10.8 Å². The van der Waals surface area contributed by atoms with E-state index in [1.165, 1.54) is 17.1 Å². The number of guanidine groups is 1. The number of nitrogens with one attached hydrogen (secondary N) is 3. The number of rotatable bonds is 6. The van der Waals surface area contributed by atoms with Gasteiger partial charge in [-0.3, -0.25) is 19.9 Å². The summed E-state index contributed by atoms with van der Waals surface area (Å²) in [6.07, 6.45) is 1.16. The second-order valence-electron chi connectivity index (χ2n) is 5.84. The Bertz CT molecular complexity index is 1020. The summed E-state index contributed by atoms with van der Waals surface area (Å²) in [5.74, 6) is -3.12. The zero-order valence-corrected chi connectivity index (χ0v) is 16.5. The van der Waals surface area contributed by atoms with E-state index in [9.17, 15) is 19.5 Å². The maximum atomic E-state index is 12.6. The highest BCUT2D eigenvalue weighted by atomic mass is 32.2. The highest BCUT2D eigenvalue weighted by molar-refractivity contribution is 8.00. The van der Waals surface area contributed by atoms with Gasteiger partial charge < -0.3 is 27.1 Å². The Morgan fingerprint density at radius 3 is 2.77 bits per heavy atom. The number of β-lactam (4-membered cyclic amide) rings is 1. The van der Waals surface area contributed by atoms with Crippen LogP contribution in [0.3, 0.4) is 0 Å². The highest BCUT2D eigenvalue weighted by Gasteiger charge is 2.54. The number of fused-ring (bicyclic) bond motifs is 1. The number of nitrogen functional groups attached to an aromatic ring is 1. The molecule has 0 saturated carbocycles. The van der Waals surface area contributed by atoms with Crippen LogP contribution in [0, 0.1) is 5.41 Å². The van der Waals surface area contributed by atoms with E-state index < -0.39 is 40.9 Å². The molecule has 30 heavy (non-hydrogen) atoms. The van der Waals surface area contributed by atoms with Crippen molar-refractivity contribution >= 4 is 63.9 Å². The van der Waals surface area contributed by atoms with Gasteiger partial charge in [-0.05, 0) is 0 Å². The van der Waals surface area contributed by atoms with Crippen molar-refractivity contribution in [3.05, 3.63) is 22.3 Å². The molecule has 2 aliphatic rings. The monoisotopic (exact) mass is 453 g/mol. The first kappa shape index (κ1) is 21.1. The quantitative estimate of drug-likeness (QED) is 0.0831. The number of aromatic nitrogens is 1. The predicted molar refractivity (Wildman–Crippen MR) is 108 cm³/mol. The molecule has 0 bridgehead atoms. The van der Waals surface area contributed by atoms with Crippen LogP contribution in [0.25, 0.3) is 0 Å². The van der Waals surface area contributed by atoms with E-state index in [1.807, 2.05) is 0 Å². The van der Waals surface area contributed by atoms with E-state index in [2.05, 4.69) is 26.0 Å². The maximum absolute atomic E-state index is 12.6. The van der Waals surface area contributed by atoms with Crippen LogP contribution in [0.2, 0.25) is 0 Å². The Morgan fingerprint density at radius 1 is 1.47 bits per heavy atom. The second-order valence-corrected chi connectivity index (χ2v) is 7.84. The molecular formula is C14H15N9O5S2. The number of hydrogen-bond acceptors (Lipinski definition) is 11. The van der Waals surface area contributed by atoms with E-state index in [0.717, 1.165) is 22.5 Å². The summed E-state index contributed by atoms with van der Waals surface area (Å²) in [6, 6.07) is -1.03. The van der Waals surface area contributed by atoms with Crippen LogP contribution < -0.4 is 22.2 Å². The lowest BCUT2D eigenvalue weighted by molar-refractivity contribution is -0.150. The van der Waals surface area contributed by atoms with Gasteiger partial charge in [0.25, 0.3) is 11.8 Å². The Labute approximate surface area is 176 Å². The third-order valence-electron chi connectivity index (χ3n) is 3.97. The van der Waals surface area contributed by atoms with Crippen molar-refractivity contribution in [1.29, 1.82) is 5.41 Å². The minimum atomic E-state index is -1.35. The zero-order chi connectivity index (χ0) is 22.0. The zero-order valence-electron chi connectivity index (χ0n) is 14.9. The molecule has 0 aliphatic carbocycles. The molecule has 158 valence electrons. The van der Waals surface area contributed by atoms with Crippen LogP contribution >= 0.6 is 23.1 Å². The number of amides is 2. The molecule has 2 atom stereocenters. The van der Waals surface area contributed by atoms with Gasteiger partial charge in [-0.1, -0.05) is 5.16 Å². The fourth-order valence-corrected chi connectivity index (χ4v) is 4.59. The molecule has 1 unspecified atom stereocenters. The molecule has 9 N–H and O–H groups in total. The first-order valence-corrected chi connectivity index (χ1v) is 9.96. The minimum absolute atomic E-state index is 0.0417. The van der Waals surface area contributed by atoms with Crippen molar-refractivity contribution in [1.82, 2.24) is 20.6 Å². The summed E-state index contributed by atoms with van der Waals surface area (Å²) in [6.45, 7) is 0. The molecule has 0 aromatic carbocycles. The molecular weight excluding hydrogens is 438 g/mol. The summed E-state index contributed by atoms with van der Waals surface area (Å²) < 4.78 is 0. The average Bonchev–Trinajstić information content (AvgIpc) is 3.11. The molecule has 0 radical (unpaired) electrons. The van der Waals surface area contributed by atoms with E-state index in [1.54, 1.807) is 0 Å². The third-order valence-corrected chi connectivity index (χ3v) is 5.95. The first-order chi connectivity index (χ1) is 14.2. The fourth-order valence-electron chi connectivity index (χ4n) is 2.74. The number of nitrogens with two attached hydrogens (primary N) is 2. The van der Waals surface area contributed by atoms with Crippen LogP contribution in [-0.4, -0.2) is 73.0 Å². The third kappa shape index (κ3) is 3.90. The number of hydrazone groups is 1. The first-order valence-electron chi connectivity index (χ1n) is 8.03. The van der Waals surface area contributed by atoms with Gasteiger partial charge in [-0.15, -0.1) is 23.1 Å². The number of carboxylic acids is 1. The Morgan fingerprint density at radius 2 is 2.20 bits per heavy atom. The number of carboxylic acid groups (broad SMARTS) is 1. The Balaban J connectivity index is 1.77. The molecule has 2 amide bonds. The molecule has 1 fully saturated rings. The smallest absolute Gasteiger partial charge is 0.353 e. The van der Waals surface area contributed by atoms with E-state index in [4.69, 9.17) is 22.1 Å². The van der Waals surface area contributed by atoms with E-state index in [-0.39, 0.29) is 27.8 Å². The largest absolute Gasteiger partial charge is 0.477 e. The molecule has 14 nitrogen and oxygen atoms in total. The molecule has 3 heterocycles. The summed E-state index contributed by atoms with van der Waals surface area (Å²) in [4.78, 5) is 41.6. The van der Waals surface area contributed by atoms with Crippen LogP contribution in [0.5, 0.6) is 0 Å². The number of carbonyl (C=O) groups excluding carboxylic acids is 2.